The first-order chi connectivity index (χ1) is 14.1. The second-order valence-corrected chi connectivity index (χ2v) is 7.63. The molecule has 0 spiro atoms. The third-order valence-electron chi connectivity index (χ3n) is 5.58. The van der Waals surface area contributed by atoms with Gasteiger partial charge in [-0.3, -0.25) is 19.5 Å². The SMILES string of the molecule is CC(C(=O)NCCNC(=O)c1cccnc1)N1CCC(Cc2ccccc2)CC1. The van der Waals surface area contributed by atoms with Gasteiger partial charge < -0.3 is 10.6 Å². The lowest BCUT2D eigenvalue weighted by Crippen LogP contribution is -2.49. The predicted molar refractivity (Wildman–Crippen MR) is 113 cm³/mol. The molecule has 1 fully saturated rings. The average Bonchev–Trinajstić information content (AvgIpc) is 2.77. The maximum absolute atomic E-state index is 12.5. The van der Waals surface area contributed by atoms with E-state index < -0.39 is 0 Å². The van der Waals surface area contributed by atoms with Gasteiger partial charge in [0.25, 0.3) is 5.91 Å². The van der Waals surface area contributed by atoms with Crippen molar-refractivity contribution < 1.29 is 9.59 Å². The molecule has 6 nitrogen and oxygen atoms in total. The Morgan fingerprint density at radius 2 is 1.79 bits per heavy atom. The molecule has 29 heavy (non-hydrogen) atoms. The molecule has 1 saturated heterocycles. The van der Waals surface area contributed by atoms with Crippen molar-refractivity contribution in [3.8, 4) is 0 Å². The molecule has 1 aliphatic heterocycles. The maximum atomic E-state index is 12.5. The minimum Gasteiger partial charge on any atom is -0.353 e. The fourth-order valence-corrected chi connectivity index (χ4v) is 3.77. The lowest BCUT2D eigenvalue weighted by molar-refractivity contribution is -0.126. The number of likely N-dealkylation sites (tertiary alicyclic amines) is 1. The van der Waals surface area contributed by atoms with Gasteiger partial charge in [-0.2, -0.15) is 0 Å². The van der Waals surface area contributed by atoms with Gasteiger partial charge in [-0.05, 0) is 62.9 Å². The largest absolute Gasteiger partial charge is 0.353 e. The molecule has 1 atom stereocenters. The van der Waals surface area contributed by atoms with Crippen LogP contribution in [0.5, 0.6) is 0 Å². The zero-order valence-electron chi connectivity index (χ0n) is 17.0. The summed E-state index contributed by atoms with van der Waals surface area (Å²) < 4.78 is 0. The van der Waals surface area contributed by atoms with E-state index in [1.165, 1.54) is 11.8 Å². The smallest absolute Gasteiger partial charge is 0.252 e. The topological polar surface area (TPSA) is 74.3 Å². The number of carbonyl (C=O) groups is 2. The number of nitrogens with zero attached hydrogens (tertiary/aromatic N) is 2. The highest BCUT2D eigenvalue weighted by molar-refractivity contribution is 5.93. The Kier molecular flexibility index (Phi) is 7.76. The summed E-state index contributed by atoms with van der Waals surface area (Å²) in [6.45, 7) is 4.67. The summed E-state index contributed by atoms with van der Waals surface area (Å²) in [6.07, 6.45) is 6.51. The zero-order valence-corrected chi connectivity index (χ0v) is 17.0. The lowest BCUT2D eigenvalue weighted by atomic mass is 9.89. The van der Waals surface area contributed by atoms with Crippen LogP contribution >= 0.6 is 0 Å². The molecule has 0 saturated carbocycles. The van der Waals surface area contributed by atoms with Crippen molar-refractivity contribution in [1.29, 1.82) is 0 Å². The first-order valence-electron chi connectivity index (χ1n) is 10.4. The summed E-state index contributed by atoms with van der Waals surface area (Å²) in [5.74, 6) is 0.523. The fourth-order valence-electron chi connectivity index (χ4n) is 3.77. The van der Waals surface area contributed by atoms with Crippen LogP contribution in [0.15, 0.2) is 54.9 Å². The standard InChI is InChI=1S/C23H30N4O2/c1-18(22(28)25-12-13-26-23(29)21-8-5-11-24-17-21)27-14-9-20(10-15-27)16-19-6-3-2-4-7-19/h2-8,11,17-18,20H,9-10,12-16H2,1H3,(H,25,28)(H,26,29). The number of piperidine rings is 1. The van der Waals surface area contributed by atoms with E-state index in [0.29, 0.717) is 24.6 Å². The van der Waals surface area contributed by atoms with E-state index in [2.05, 4.69) is 50.8 Å². The van der Waals surface area contributed by atoms with Gasteiger partial charge in [-0.15, -0.1) is 0 Å². The van der Waals surface area contributed by atoms with Crippen LogP contribution in [-0.4, -0.2) is 53.9 Å². The Balaban J connectivity index is 1.33. The van der Waals surface area contributed by atoms with Crippen LogP contribution in [0.2, 0.25) is 0 Å². The summed E-state index contributed by atoms with van der Waals surface area (Å²) in [7, 11) is 0. The van der Waals surface area contributed by atoms with E-state index in [1.807, 2.05) is 6.92 Å². The average molecular weight is 395 g/mol. The molecule has 3 rings (SSSR count). The van der Waals surface area contributed by atoms with E-state index in [9.17, 15) is 9.59 Å². The highest BCUT2D eigenvalue weighted by Gasteiger charge is 2.26. The van der Waals surface area contributed by atoms with Crippen LogP contribution in [0.3, 0.4) is 0 Å². The van der Waals surface area contributed by atoms with Crippen molar-refractivity contribution in [2.24, 2.45) is 5.92 Å². The second-order valence-electron chi connectivity index (χ2n) is 7.63. The Morgan fingerprint density at radius 1 is 1.07 bits per heavy atom. The molecule has 2 heterocycles. The molecule has 0 radical (unpaired) electrons. The van der Waals surface area contributed by atoms with Crippen molar-refractivity contribution in [1.82, 2.24) is 20.5 Å². The molecule has 2 amide bonds. The molecule has 154 valence electrons. The minimum absolute atomic E-state index is 0.0159. The molecule has 1 aromatic carbocycles. The summed E-state index contributed by atoms with van der Waals surface area (Å²) in [5.41, 5.74) is 1.91. The van der Waals surface area contributed by atoms with Crippen molar-refractivity contribution in [3.63, 3.8) is 0 Å². The first kappa shape index (κ1) is 21.0. The number of aromatic nitrogens is 1. The normalized spacial score (nSPS) is 16.2. The van der Waals surface area contributed by atoms with Crippen LogP contribution in [-0.2, 0) is 11.2 Å². The van der Waals surface area contributed by atoms with Gasteiger partial charge in [-0.1, -0.05) is 30.3 Å². The molecule has 6 heteroatoms. The predicted octanol–water partition coefficient (Wildman–Crippen LogP) is 2.27. The van der Waals surface area contributed by atoms with Gasteiger partial charge in [0, 0.05) is 25.5 Å². The van der Waals surface area contributed by atoms with E-state index >= 15 is 0 Å². The molecule has 2 aromatic rings. The van der Waals surface area contributed by atoms with E-state index in [1.54, 1.807) is 18.3 Å². The van der Waals surface area contributed by atoms with Crippen LogP contribution in [0, 0.1) is 5.92 Å². The Bertz CT molecular complexity index is 774. The van der Waals surface area contributed by atoms with Gasteiger partial charge in [-0.25, -0.2) is 0 Å². The lowest BCUT2D eigenvalue weighted by Gasteiger charge is -2.35. The summed E-state index contributed by atoms with van der Waals surface area (Å²) in [6, 6.07) is 13.9. The molecule has 0 aliphatic carbocycles. The molecule has 1 aromatic heterocycles. The minimum atomic E-state index is -0.180. The maximum Gasteiger partial charge on any atom is 0.252 e. The number of benzene rings is 1. The second kappa shape index (κ2) is 10.7. The zero-order chi connectivity index (χ0) is 20.5. The van der Waals surface area contributed by atoms with E-state index in [4.69, 9.17) is 0 Å². The van der Waals surface area contributed by atoms with E-state index in [0.717, 1.165) is 32.4 Å². The molecular weight excluding hydrogens is 364 g/mol. The third kappa shape index (κ3) is 6.39. The highest BCUT2D eigenvalue weighted by atomic mass is 16.2. The van der Waals surface area contributed by atoms with Crippen LogP contribution in [0.4, 0.5) is 0 Å². The number of pyridine rings is 1. The quantitative estimate of drug-likeness (QED) is 0.674. The summed E-state index contributed by atoms with van der Waals surface area (Å²) in [5, 5.41) is 5.72. The number of hydrogen-bond donors (Lipinski definition) is 2. The van der Waals surface area contributed by atoms with Crippen molar-refractivity contribution in [2.45, 2.75) is 32.2 Å². The highest BCUT2D eigenvalue weighted by Crippen LogP contribution is 2.22. The molecule has 2 N–H and O–H groups in total. The number of amides is 2. The first-order valence-corrected chi connectivity index (χ1v) is 10.4. The fraction of sp³-hybridized carbons (Fsp3) is 0.435. The molecule has 0 bridgehead atoms. The van der Waals surface area contributed by atoms with Crippen LogP contribution in [0.1, 0.15) is 35.7 Å². The number of carbonyl (C=O) groups excluding carboxylic acids is 2. The van der Waals surface area contributed by atoms with Crippen molar-refractivity contribution in [2.75, 3.05) is 26.2 Å². The monoisotopic (exact) mass is 394 g/mol. The third-order valence-corrected chi connectivity index (χ3v) is 5.58. The van der Waals surface area contributed by atoms with Crippen molar-refractivity contribution >= 4 is 11.8 Å². The van der Waals surface area contributed by atoms with Gasteiger partial charge >= 0.3 is 0 Å². The van der Waals surface area contributed by atoms with Gasteiger partial charge in [0.15, 0.2) is 0 Å². The van der Waals surface area contributed by atoms with Crippen molar-refractivity contribution in [3.05, 3.63) is 66.0 Å². The number of nitrogens with one attached hydrogen (secondary N) is 2. The van der Waals surface area contributed by atoms with Gasteiger partial charge in [0.2, 0.25) is 5.91 Å². The summed E-state index contributed by atoms with van der Waals surface area (Å²) in [4.78, 5) is 30.6. The summed E-state index contributed by atoms with van der Waals surface area (Å²) >= 11 is 0. The number of hydrogen-bond acceptors (Lipinski definition) is 4. The van der Waals surface area contributed by atoms with Crippen LogP contribution in [0.25, 0.3) is 0 Å². The Labute approximate surface area is 172 Å². The van der Waals surface area contributed by atoms with E-state index in [-0.39, 0.29) is 17.9 Å². The van der Waals surface area contributed by atoms with Gasteiger partial charge in [0.1, 0.15) is 0 Å². The van der Waals surface area contributed by atoms with Crippen LogP contribution < -0.4 is 10.6 Å². The molecule has 1 aliphatic rings. The van der Waals surface area contributed by atoms with Gasteiger partial charge in [0.05, 0.1) is 11.6 Å². The molecule has 1 unspecified atom stereocenters. The Hall–Kier alpha value is -2.73. The Morgan fingerprint density at radius 3 is 2.48 bits per heavy atom. The molecular formula is C23H30N4O2. The number of rotatable bonds is 8.